The first-order valence-corrected chi connectivity index (χ1v) is 7.76. The lowest BCUT2D eigenvalue weighted by atomic mass is 9.96. The number of esters is 1. The smallest absolute Gasteiger partial charge is 0.339 e. The third-order valence-corrected chi connectivity index (χ3v) is 4.26. The van der Waals surface area contributed by atoms with E-state index in [1.54, 1.807) is 24.3 Å². The van der Waals surface area contributed by atoms with Crippen molar-refractivity contribution in [2.45, 2.75) is 6.10 Å². The van der Waals surface area contributed by atoms with Crippen LogP contribution in [0.3, 0.4) is 0 Å². The van der Waals surface area contributed by atoms with Gasteiger partial charge in [-0.3, -0.25) is 4.79 Å². The van der Waals surface area contributed by atoms with Crippen LogP contribution in [-0.2, 0) is 4.74 Å². The topological polar surface area (TPSA) is 80.3 Å². The summed E-state index contributed by atoms with van der Waals surface area (Å²) < 4.78 is 27.0. The zero-order chi connectivity index (χ0) is 18.8. The second kappa shape index (κ2) is 6.95. The molecule has 0 saturated carbocycles. The molecule has 0 radical (unpaired) electrons. The summed E-state index contributed by atoms with van der Waals surface area (Å²) in [5.41, 5.74) is 1.92. The van der Waals surface area contributed by atoms with Gasteiger partial charge >= 0.3 is 5.97 Å². The number of aldehydes is 1. The van der Waals surface area contributed by atoms with Crippen molar-refractivity contribution in [2.24, 2.45) is 0 Å². The van der Waals surface area contributed by atoms with Crippen molar-refractivity contribution in [3.05, 3.63) is 46.5 Å². The predicted octanol–water partition coefficient (Wildman–Crippen LogP) is 2.79. The highest BCUT2D eigenvalue weighted by Crippen LogP contribution is 2.50. The van der Waals surface area contributed by atoms with E-state index in [1.807, 2.05) is 0 Å². The van der Waals surface area contributed by atoms with E-state index in [0.29, 0.717) is 51.5 Å². The fourth-order valence-electron chi connectivity index (χ4n) is 3.06. The highest BCUT2D eigenvalue weighted by molar-refractivity contribution is 5.97. The molecule has 1 unspecified atom stereocenters. The summed E-state index contributed by atoms with van der Waals surface area (Å²) in [5.74, 6) is 0.989. The van der Waals surface area contributed by atoms with Gasteiger partial charge in [0.1, 0.15) is 5.75 Å². The molecule has 1 heterocycles. The second-order valence-electron chi connectivity index (χ2n) is 5.51. The van der Waals surface area contributed by atoms with Crippen LogP contribution in [0.2, 0.25) is 0 Å². The molecule has 0 fully saturated rings. The van der Waals surface area contributed by atoms with E-state index in [-0.39, 0.29) is 0 Å². The Bertz CT molecular complexity index is 873. The van der Waals surface area contributed by atoms with Crippen molar-refractivity contribution in [1.29, 1.82) is 0 Å². The Labute approximate surface area is 150 Å². The van der Waals surface area contributed by atoms with Crippen molar-refractivity contribution in [3.8, 4) is 23.0 Å². The van der Waals surface area contributed by atoms with Crippen LogP contribution in [0.5, 0.6) is 23.0 Å². The van der Waals surface area contributed by atoms with E-state index < -0.39 is 12.1 Å². The number of hydrogen-bond donors (Lipinski definition) is 0. The number of carbonyl (C=O) groups excluding carboxylic acids is 2. The lowest BCUT2D eigenvalue weighted by Crippen LogP contribution is -2.05. The lowest BCUT2D eigenvalue weighted by Gasteiger charge is -2.18. The molecule has 0 aliphatic carbocycles. The first-order valence-electron chi connectivity index (χ1n) is 7.76. The van der Waals surface area contributed by atoms with Crippen LogP contribution in [0.15, 0.2) is 24.3 Å². The molecule has 0 bridgehead atoms. The van der Waals surface area contributed by atoms with Crippen LogP contribution in [0.1, 0.15) is 37.9 Å². The van der Waals surface area contributed by atoms with Gasteiger partial charge in [0, 0.05) is 5.56 Å². The van der Waals surface area contributed by atoms with E-state index in [4.69, 9.17) is 23.7 Å². The molecule has 7 heteroatoms. The van der Waals surface area contributed by atoms with Crippen molar-refractivity contribution in [1.82, 2.24) is 0 Å². The van der Waals surface area contributed by atoms with E-state index in [9.17, 15) is 9.59 Å². The van der Waals surface area contributed by atoms with Crippen LogP contribution < -0.4 is 18.9 Å². The molecule has 1 aliphatic rings. The van der Waals surface area contributed by atoms with Crippen LogP contribution in [0, 0.1) is 0 Å². The molecule has 0 saturated heterocycles. The van der Waals surface area contributed by atoms with E-state index >= 15 is 0 Å². The zero-order valence-corrected chi connectivity index (χ0v) is 14.8. The summed E-state index contributed by atoms with van der Waals surface area (Å²) in [6.07, 6.45) is -0.0204. The van der Waals surface area contributed by atoms with Crippen molar-refractivity contribution < 1.29 is 33.3 Å². The van der Waals surface area contributed by atoms with Crippen LogP contribution in [0.25, 0.3) is 0 Å². The minimum Gasteiger partial charge on any atom is -0.496 e. The largest absolute Gasteiger partial charge is 0.496 e. The molecule has 1 atom stereocenters. The summed E-state index contributed by atoms with van der Waals surface area (Å²) >= 11 is 0. The van der Waals surface area contributed by atoms with Gasteiger partial charge in [0.25, 0.3) is 0 Å². The molecule has 2 aromatic carbocycles. The number of methoxy groups -OCH3 is 4. The molecule has 0 spiro atoms. The van der Waals surface area contributed by atoms with Gasteiger partial charge in [-0.25, -0.2) is 4.79 Å². The minimum atomic E-state index is -0.721. The lowest BCUT2D eigenvalue weighted by molar-refractivity contribution is 0.0453. The summed E-state index contributed by atoms with van der Waals surface area (Å²) in [5, 5.41) is 0. The number of cyclic esters (lactones) is 1. The number of ether oxygens (including phenoxy) is 5. The Morgan fingerprint density at radius 3 is 2.19 bits per heavy atom. The number of rotatable bonds is 6. The molecule has 0 N–H and O–H groups in total. The monoisotopic (exact) mass is 358 g/mol. The van der Waals surface area contributed by atoms with Crippen LogP contribution >= 0.6 is 0 Å². The van der Waals surface area contributed by atoms with E-state index in [2.05, 4.69) is 0 Å². The fraction of sp³-hybridized carbons (Fsp3) is 0.263. The number of carbonyl (C=O) groups is 2. The predicted molar refractivity (Wildman–Crippen MR) is 91.7 cm³/mol. The standard InChI is InChI=1S/C19H18O7/c1-22-13-7-10(5-6-11(13)9-20)16-15-12(19(21)26-16)8-14(23-2)17(24-3)18(15)25-4/h5-9,16H,1-4H3. The Hall–Kier alpha value is -3.22. The fourth-order valence-corrected chi connectivity index (χ4v) is 3.06. The van der Waals surface area contributed by atoms with Gasteiger partial charge in [-0.15, -0.1) is 0 Å². The number of benzene rings is 2. The maximum atomic E-state index is 12.4. The molecule has 2 aromatic rings. The van der Waals surface area contributed by atoms with Gasteiger partial charge in [0.15, 0.2) is 23.9 Å². The quantitative estimate of drug-likeness (QED) is 0.580. The average molecular weight is 358 g/mol. The molecule has 26 heavy (non-hydrogen) atoms. The zero-order valence-electron chi connectivity index (χ0n) is 14.8. The summed E-state index contributed by atoms with van der Waals surface area (Å²) in [6, 6.07) is 6.54. The number of hydrogen-bond acceptors (Lipinski definition) is 7. The first kappa shape index (κ1) is 17.6. The van der Waals surface area contributed by atoms with Gasteiger partial charge in [-0.2, -0.15) is 0 Å². The maximum Gasteiger partial charge on any atom is 0.339 e. The van der Waals surface area contributed by atoms with E-state index in [1.165, 1.54) is 28.4 Å². The van der Waals surface area contributed by atoms with Crippen molar-refractivity contribution in [2.75, 3.05) is 28.4 Å². The second-order valence-corrected chi connectivity index (χ2v) is 5.51. The third kappa shape index (κ3) is 2.61. The average Bonchev–Trinajstić information content (AvgIpc) is 3.01. The van der Waals surface area contributed by atoms with E-state index in [0.717, 1.165) is 0 Å². The highest BCUT2D eigenvalue weighted by Gasteiger charge is 2.39. The normalized spacial score (nSPS) is 15.1. The maximum absolute atomic E-state index is 12.4. The Kier molecular flexibility index (Phi) is 4.71. The van der Waals surface area contributed by atoms with Gasteiger partial charge in [-0.1, -0.05) is 6.07 Å². The molecule has 0 amide bonds. The summed E-state index contributed by atoms with van der Waals surface area (Å²) in [4.78, 5) is 23.5. The van der Waals surface area contributed by atoms with Gasteiger partial charge < -0.3 is 23.7 Å². The van der Waals surface area contributed by atoms with Crippen LogP contribution in [0.4, 0.5) is 0 Å². The Morgan fingerprint density at radius 2 is 1.62 bits per heavy atom. The SMILES string of the molecule is COc1cc(C2OC(=O)c3cc(OC)c(OC)c(OC)c32)ccc1C=O. The molecule has 1 aliphatic heterocycles. The van der Waals surface area contributed by atoms with Gasteiger partial charge in [0.05, 0.1) is 45.1 Å². The Balaban J connectivity index is 2.21. The van der Waals surface area contributed by atoms with Gasteiger partial charge in [-0.05, 0) is 18.2 Å². The van der Waals surface area contributed by atoms with Gasteiger partial charge in [0.2, 0.25) is 5.75 Å². The molecule has 7 nitrogen and oxygen atoms in total. The first-order chi connectivity index (χ1) is 12.6. The van der Waals surface area contributed by atoms with Crippen molar-refractivity contribution >= 4 is 12.3 Å². The molecular weight excluding hydrogens is 340 g/mol. The molecular formula is C19H18O7. The summed E-state index contributed by atoms with van der Waals surface area (Å²) in [7, 11) is 5.91. The van der Waals surface area contributed by atoms with Crippen LogP contribution in [-0.4, -0.2) is 40.7 Å². The third-order valence-electron chi connectivity index (χ3n) is 4.26. The molecule has 136 valence electrons. The summed E-state index contributed by atoms with van der Waals surface area (Å²) in [6.45, 7) is 0. The molecule has 3 rings (SSSR count). The molecule has 0 aromatic heterocycles. The minimum absolute atomic E-state index is 0.336. The number of fused-ring (bicyclic) bond motifs is 1. The van der Waals surface area contributed by atoms with Crippen molar-refractivity contribution in [3.63, 3.8) is 0 Å². The highest BCUT2D eigenvalue weighted by atomic mass is 16.6. The Morgan fingerprint density at radius 1 is 0.923 bits per heavy atom.